The Morgan fingerprint density at radius 2 is 1.83 bits per heavy atom. The molecule has 5 nitrogen and oxygen atoms in total. The summed E-state index contributed by atoms with van der Waals surface area (Å²) in [7, 11) is 3.04. The molecule has 0 saturated heterocycles. The maximum atomic E-state index is 12.4. The molecule has 0 saturated carbocycles. The molecule has 24 heavy (non-hydrogen) atoms. The molecule has 3 rings (SSSR count). The monoisotopic (exact) mass is 344 g/mol. The van der Waals surface area contributed by atoms with Crippen molar-refractivity contribution in [3.05, 3.63) is 51.7 Å². The van der Waals surface area contributed by atoms with Crippen LogP contribution in [0, 0.1) is 0 Å². The van der Waals surface area contributed by atoms with E-state index in [-0.39, 0.29) is 12.0 Å². The molecule has 0 bridgehead atoms. The van der Waals surface area contributed by atoms with Gasteiger partial charge in [0.05, 0.1) is 31.5 Å². The number of nitrogens with zero attached hydrogens (tertiary/aromatic N) is 2. The molecule has 2 heterocycles. The standard InChI is InChI=1S/C18H20N2O3S/c1-10-15(17(21)23-5)16(13-6-8-14(22-4)9-7-13)20-11(2)12(3)24-18(20)19-10/h6-9,16H,1-5H3/t16-/m1/s1. The number of esters is 1. The van der Waals surface area contributed by atoms with Gasteiger partial charge in [-0.15, -0.1) is 0 Å². The van der Waals surface area contributed by atoms with E-state index in [1.807, 2.05) is 31.2 Å². The number of hydrogen-bond acceptors (Lipinski definition) is 6. The number of thioether (sulfide) groups is 1. The van der Waals surface area contributed by atoms with Crippen LogP contribution in [0.25, 0.3) is 0 Å². The van der Waals surface area contributed by atoms with E-state index in [0.717, 1.165) is 22.2 Å². The Bertz CT molecular complexity index is 778. The lowest BCUT2D eigenvalue weighted by molar-refractivity contribution is -0.136. The van der Waals surface area contributed by atoms with Crippen LogP contribution in [-0.4, -0.2) is 30.3 Å². The fourth-order valence-corrected chi connectivity index (χ4v) is 4.00. The summed E-state index contributed by atoms with van der Waals surface area (Å²) in [5.41, 5.74) is 3.37. The van der Waals surface area contributed by atoms with E-state index in [2.05, 4.69) is 23.7 Å². The summed E-state index contributed by atoms with van der Waals surface area (Å²) in [4.78, 5) is 20.4. The SMILES string of the molecule is COC(=O)C1=C(C)N=C2SC(C)=C(C)N2[C@@H]1c1ccc(OC)cc1. The largest absolute Gasteiger partial charge is 0.497 e. The summed E-state index contributed by atoms with van der Waals surface area (Å²) in [5.74, 6) is 0.432. The average molecular weight is 344 g/mol. The Hall–Kier alpha value is -2.21. The van der Waals surface area contributed by atoms with Gasteiger partial charge in [-0.25, -0.2) is 9.79 Å². The third kappa shape index (κ3) is 2.60. The van der Waals surface area contributed by atoms with Crippen molar-refractivity contribution in [1.82, 2.24) is 4.90 Å². The van der Waals surface area contributed by atoms with Crippen molar-refractivity contribution in [2.24, 2.45) is 4.99 Å². The number of aliphatic imine (C=N–C) groups is 1. The molecule has 126 valence electrons. The third-order valence-electron chi connectivity index (χ3n) is 4.34. The highest BCUT2D eigenvalue weighted by Gasteiger charge is 2.40. The molecule has 0 N–H and O–H groups in total. The highest BCUT2D eigenvalue weighted by molar-refractivity contribution is 8.17. The highest BCUT2D eigenvalue weighted by Crippen LogP contribution is 2.46. The van der Waals surface area contributed by atoms with E-state index in [0.29, 0.717) is 11.3 Å². The highest BCUT2D eigenvalue weighted by atomic mass is 32.2. The Balaban J connectivity index is 2.15. The molecule has 1 aromatic rings. The van der Waals surface area contributed by atoms with Crippen molar-refractivity contribution in [2.75, 3.05) is 14.2 Å². The summed E-state index contributed by atoms with van der Waals surface area (Å²) < 4.78 is 10.3. The predicted octanol–water partition coefficient (Wildman–Crippen LogP) is 3.85. The second-order valence-electron chi connectivity index (χ2n) is 5.67. The van der Waals surface area contributed by atoms with Crippen LogP contribution in [-0.2, 0) is 9.53 Å². The molecule has 2 aliphatic rings. The molecular formula is C18H20N2O3S. The molecule has 0 aliphatic carbocycles. The van der Waals surface area contributed by atoms with Crippen LogP contribution in [0.1, 0.15) is 32.4 Å². The minimum atomic E-state index is -0.349. The number of allylic oxidation sites excluding steroid dienone is 3. The number of hydrogen-bond donors (Lipinski definition) is 0. The summed E-state index contributed by atoms with van der Waals surface area (Å²) in [5, 5.41) is 0.899. The molecular weight excluding hydrogens is 324 g/mol. The lowest BCUT2D eigenvalue weighted by Crippen LogP contribution is -2.35. The van der Waals surface area contributed by atoms with E-state index >= 15 is 0 Å². The van der Waals surface area contributed by atoms with E-state index in [4.69, 9.17) is 9.47 Å². The minimum absolute atomic E-state index is 0.249. The number of carbonyl (C=O) groups excluding carboxylic acids is 1. The van der Waals surface area contributed by atoms with Crippen LogP contribution >= 0.6 is 11.8 Å². The molecule has 0 aromatic heterocycles. The number of benzene rings is 1. The first kappa shape index (κ1) is 16.6. The Morgan fingerprint density at radius 3 is 2.42 bits per heavy atom. The van der Waals surface area contributed by atoms with Gasteiger partial charge in [0.1, 0.15) is 5.75 Å². The molecule has 1 aromatic carbocycles. The minimum Gasteiger partial charge on any atom is -0.497 e. The van der Waals surface area contributed by atoms with Gasteiger partial charge >= 0.3 is 5.97 Å². The number of ether oxygens (including phenoxy) is 2. The number of rotatable bonds is 3. The zero-order chi connectivity index (χ0) is 17.4. The van der Waals surface area contributed by atoms with E-state index in [9.17, 15) is 4.79 Å². The van der Waals surface area contributed by atoms with Crippen LogP contribution in [0.5, 0.6) is 5.75 Å². The molecule has 1 atom stereocenters. The van der Waals surface area contributed by atoms with Crippen molar-refractivity contribution in [3.8, 4) is 5.75 Å². The Morgan fingerprint density at radius 1 is 1.17 bits per heavy atom. The maximum Gasteiger partial charge on any atom is 0.338 e. The van der Waals surface area contributed by atoms with Crippen LogP contribution in [0.4, 0.5) is 0 Å². The van der Waals surface area contributed by atoms with Gasteiger partial charge in [-0.2, -0.15) is 0 Å². The van der Waals surface area contributed by atoms with E-state index in [1.54, 1.807) is 18.9 Å². The van der Waals surface area contributed by atoms with Gasteiger partial charge in [-0.05, 0) is 38.5 Å². The zero-order valence-corrected chi connectivity index (χ0v) is 15.2. The first-order valence-corrected chi connectivity index (χ1v) is 8.45. The molecule has 0 amide bonds. The number of methoxy groups -OCH3 is 2. The second kappa shape index (κ2) is 6.36. The van der Waals surface area contributed by atoms with Crippen LogP contribution in [0.2, 0.25) is 0 Å². The van der Waals surface area contributed by atoms with Crippen molar-refractivity contribution in [1.29, 1.82) is 0 Å². The van der Waals surface area contributed by atoms with Crippen molar-refractivity contribution in [2.45, 2.75) is 26.8 Å². The fourth-order valence-electron chi connectivity index (χ4n) is 2.96. The van der Waals surface area contributed by atoms with Crippen molar-refractivity contribution >= 4 is 22.9 Å². The first-order valence-electron chi connectivity index (χ1n) is 7.64. The average Bonchev–Trinajstić information content (AvgIpc) is 2.87. The number of carbonyl (C=O) groups is 1. The van der Waals surface area contributed by atoms with Crippen LogP contribution in [0.3, 0.4) is 0 Å². The van der Waals surface area contributed by atoms with E-state index in [1.165, 1.54) is 12.0 Å². The summed E-state index contributed by atoms with van der Waals surface area (Å²) in [6, 6.07) is 7.52. The van der Waals surface area contributed by atoms with Crippen LogP contribution in [0.15, 0.2) is 51.1 Å². The van der Waals surface area contributed by atoms with Gasteiger partial charge in [0.15, 0.2) is 5.17 Å². The zero-order valence-electron chi connectivity index (χ0n) is 14.4. The molecule has 0 fully saturated rings. The molecule has 6 heteroatoms. The number of fused-ring (bicyclic) bond motifs is 1. The van der Waals surface area contributed by atoms with Gasteiger partial charge in [-0.1, -0.05) is 23.9 Å². The first-order chi connectivity index (χ1) is 11.5. The van der Waals surface area contributed by atoms with Crippen molar-refractivity contribution < 1.29 is 14.3 Å². The van der Waals surface area contributed by atoms with Gasteiger partial charge in [0.25, 0.3) is 0 Å². The Kier molecular flexibility index (Phi) is 4.41. The van der Waals surface area contributed by atoms with Crippen LogP contribution < -0.4 is 4.74 Å². The van der Waals surface area contributed by atoms with Crippen molar-refractivity contribution in [3.63, 3.8) is 0 Å². The lowest BCUT2D eigenvalue weighted by atomic mass is 9.94. The smallest absolute Gasteiger partial charge is 0.338 e. The van der Waals surface area contributed by atoms with E-state index < -0.39 is 0 Å². The summed E-state index contributed by atoms with van der Waals surface area (Å²) in [6.45, 7) is 5.98. The van der Waals surface area contributed by atoms with Gasteiger partial charge in [-0.3, -0.25) is 0 Å². The second-order valence-corrected chi connectivity index (χ2v) is 6.86. The normalized spacial score (nSPS) is 20.1. The number of amidine groups is 1. The summed E-state index contributed by atoms with van der Waals surface area (Å²) >= 11 is 1.63. The van der Waals surface area contributed by atoms with Gasteiger partial charge in [0, 0.05) is 10.6 Å². The molecule has 0 spiro atoms. The molecule has 0 radical (unpaired) electrons. The maximum absolute atomic E-state index is 12.4. The quantitative estimate of drug-likeness (QED) is 0.780. The fraction of sp³-hybridized carbons (Fsp3) is 0.333. The molecule has 2 aliphatic heterocycles. The van der Waals surface area contributed by atoms with Gasteiger partial charge in [0.2, 0.25) is 0 Å². The third-order valence-corrected chi connectivity index (χ3v) is 5.42. The molecule has 0 unspecified atom stereocenters. The summed E-state index contributed by atoms with van der Waals surface area (Å²) in [6.07, 6.45) is 0. The predicted molar refractivity (Wildman–Crippen MR) is 95.7 cm³/mol. The Labute approximate surface area is 146 Å². The lowest BCUT2D eigenvalue weighted by Gasteiger charge is -2.35. The van der Waals surface area contributed by atoms with Gasteiger partial charge < -0.3 is 14.4 Å². The topological polar surface area (TPSA) is 51.1 Å².